The molecule has 0 aromatic heterocycles. The smallest absolute Gasteiger partial charge is 0.191 e. The van der Waals surface area contributed by atoms with Crippen molar-refractivity contribution in [2.45, 2.75) is 32.6 Å². The second kappa shape index (κ2) is 11.3. The van der Waals surface area contributed by atoms with Gasteiger partial charge in [0.1, 0.15) is 0 Å². The van der Waals surface area contributed by atoms with E-state index in [-0.39, 0.29) is 0 Å². The van der Waals surface area contributed by atoms with Crippen molar-refractivity contribution in [3.8, 4) is 0 Å². The monoisotopic (exact) mass is 215 g/mol. The molecule has 0 aromatic carbocycles. The molecule has 0 aliphatic heterocycles. The minimum atomic E-state index is 0.705. The summed E-state index contributed by atoms with van der Waals surface area (Å²) in [6, 6.07) is 0. The fraction of sp³-hybridized carbons (Fsp3) is 0.909. The fourth-order valence-electron chi connectivity index (χ4n) is 1.25. The van der Waals surface area contributed by atoms with Crippen molar-refractivity contribution < 1.29 is 4.74 Å². The number of nitrogens with zero attached hydrogens (tertiary/aromatic N) is 1. The number of aliphatic imine (C=N–C) groups is 1. The van der Waals surface area contributed by atoms with Gasteiger partial charge in [-0.2, -0.15) is 0 Å². The molecule has 0 saturated carbocycles. The Morgan fingerprint density at radius 1 is 1.13 bits per heavy atom. The van der Waals surface area contributed by atoms with Gasteiger partial charge in [-0.25, -0.2) is 0 Å². The topological polar surface area (TPSA) is 45.7 Å². The molecule has 4 heteroatoms. The molecule has 0 saturated heterocycles. The molecule has 2 N–H and O–H groups in total. The van der Waals surface area contributed by atoms with E-state index in [1.165, 1.54) is 25.7 Å². The first-order chi connectivity index (χ1) is 7.35. The molecule has 0 aliphatic rings. The van der Waals surface area contributed by atoms with Gasteiger partial charge in [0, 0.05) is 27.2 Å². The summed E-state index contributed by atoms with van der Waals surface area (Å²) in [6.07, 6.45) is 5.09. The minimum Gasteiger partial charge on any atom is -0.383 e. The molecule has 0 bridgehead atoms. The highest BCUT2D eigenvalue weighted by molar-refractivity contribution is 5.79. The first-order valence-corrected chi connectivity index (χ1v) is 5.78. The third-order valence-electron chi connectivity index (χ3n) is 2.15. The lowest BCUT2D eigenvalue weighted by Gasteiger charge is -2.11. The number of guanidine groups is 1. The van der Waals surface area contributed by atoms with Crippen LogP contribution in [0.2, 0.25) is 0 Å². The number of rotatable bonds is 8. The number of hydrogen-bond donors (Lipinski definition) is 2. The van der Waals surface area contributed by atoms with Gasteiger partial charge in [0.05, 0.1) is 6.61 Å². The summed E-state index contributed by atoms with van der Waals surface area (Å²) in [4.78, 5) is 4.12. The van der Waals surface area contributed by atoms with E-state index in [1.807, 2.05) is 0 Å². The van der Waals surface area contributed by atoms with Crippen LogP contribution in [0.1, 0.15) is 32.6 Å². The number of hydrogen-bond acceptors (Lipinski definition) is 2. The summed E-state index contributed by atoms with van der Waals surface area (Å²) >= 11 is 0. The van der Waals surface area contributed by atoms with Crippen molar-refractivity contribution >= 4 is 5.96 Å². The van der Waals surface area contributed by atoms with Crippen molar-refractivity contribution in [2.75, 3.05) is 33.9 Å². The van der Waals surface area contributed by atoms with Crippen molar-refractivity contribution in [1.82, 2.24) is 10.6 Å². The third kappa shape index (κ3) is 9.53. The highest BCUT2D eigenvalue weighted by atomic mass is 16.5. The van der Waals surface area contributed by atoms with Gasteiger partial charge < -0.3 is 15.4 Å². The molecule has 0 fully saturated rings. The highest BCUT2D eigenvalue weighted by Crippen LogP contribution is 1.96. The second-order valence-corrected chi connectivity index (χ2v) is 3.48. The van der Waals surface area contributed by atoms with E-state index in [2.05, 4.69) is 22.5 Å². The summed E-state index contributed by atoms with van der Waals surface area (Å²) in [5.41, 5.74) is 0. The molecule has 0 spiro atoms. The Bertz CT molecular complexity index is 160. The SMILES string of the molecule is CCCCCCNC(=NC)NCCOC. The van der Waals surface area contributed by atoms with Gasteiger partial charge in [0.15, 0.2) is 5.96 Å². The minimum absolute atomic E-state index is 0.705. The Balaban J connectivity index is 3.37. The summed E-state index contributed by atoms with van der Waals surface area (Å²) in [5.74, 6) is 0.864. The van der Waals surface area contributed by atoms with Crippen LogP contribution in [0.5, 0.6) is 0 Å². The van der Waals surface area contributed by atoms with Crippen LogP contribution < -0.4 is 10.6 Å². The molecule has 0 amide bonds. The van der Waals surface area contributed by atoms with Crippen molar-refractivity contribution in [1.29, 1.82) is 0 Å². The first-order valence-electron chi connectivity index (χ1n) is 5.78. The summed E-state index contributed by atoms with van der Waals surface area (Å²) in [7, 11) is 3.48. The predicted octanol–water partition coefficient (Wildman–Crippen LogP) is 1.38. The van der Waals surface area contributed by atoms with Gasteiger partial charge in [-0.1, -0.05) is 26.2 Å². The zero-order valence-corrected chi connectivity index (χ0v) is 10.3. The van der Waals surface area contributed by atoms with Gasteiger partial charge in [0.2, 0.25) is 0 Å². The average Bonchev–Trinajstić information content (AvgIpc) is 2.26. The lowest BCUT2D eigenvalue weighted by atomic mass is 10.2. The van der Waals surface area contributed by atoms with Crippen LogP contribution in [-0.2, 0) is 4.74 Å². The maximum absolute atomic E-state index is 4.95. The van der Waals surface area contributed by atoms with E-state index in [1.54, 1.807) is 14.2 Å². The molecular weight excluding hydrogens is 190 g/mol. The number of methoxy groups -OCH3 is 1. The molecule has 0 aliphatic carbocycles. The van der Waals surface area contributed by atoms with Crippen molar-refractivity contribution in [3.05, 3.63) is 0 Å². The van der Waals surface area contributed by atoms with Crippen molar-refractivity contribution in [3.63, 3.8) is 0 Å². The van der Waals surface area contributed by atoms with Gasteiger partial charge in [0.25, 0.3) is 0 Å². The van der Waals surface area contributed by atoms with Crippen LogP contribution in [0, 0.1) is 0 Å². The standard InChI is InChI=1S/C11H25N3O/c1-4-5-6-7-8-13-11(12-2)14-9-10-15-3/h4-10H2,1-3H3,(H2,12,13,14). The molecule has 15 heavy (non-hydrogen) atoms. The normalized spacial score (nSPS) is 11.5. The van der Waals surface area contributed by atoms with Crippen LogP contribution in [0.4, 0.5) is 0 Å². The largest absolute Gasteiger partial charge is 0.383 e. The Hall–Kier alpha value is -0.770. The van der Waals surface area contributed by atoms with E-state index >= 15 is 0 Å². The summed E-state index contributed by atoms with van der Waals surface area (Å²) in [6.45, 7) is 4.72. The Kier molecular flexibility index (Phi) is 10.7. The van der Waals surface area contributed by atoms with Gasteiger partial charge in [-0.3, -0.25) is 4.99 Å². The highest BCUT2D eigenvalue weighted by Gasteiger charge is 1.95. The number of unbranched alkanes of at least 4 members (excludes halogenated alkanes) is 3. The quantitative estimate of drug-likeness (QED) is 0.365. The molecule has 90 valence electrons. The van der Waals surface area contributed by atoms with Crippen molar-refractivity contribution in [2.24, 2.45) is 4.99 Å². The van der Waals surface area contributed by atoms with Gasteiger partial charge in [-0.15, -0.1) is 0 Å². The number of ether oxygens (including phenoxy) is 1. The van der Waals surface area contributed by atoms with E-state index in [4.69, 9.17) is 4.74 Å². The Labute approximate surface area is 93.5 Å². The molecule has 0 radical (unpaired) electrons. The van der Waals surface area contributed by atoms with Crippen LogP contribution in [-0.4, -0.2) is 39.8 Å². The van der Waals surface area contributed by atoms with Crippen LogP contribution in [0.25, 0.3) is 0 Å². The molecule has 0 unspecified atom stereocenters. The first kappa shape index (κ1) is 14.2. The third-order valence-corrected chi connectivity index (χ3v) is 2.15. The summed E-state index contributed by atoms with van der Waals surface area (Å²) < 4.78 is 4.95. The molecule has 0 aromatic rings. The zero-order chi connectivity index (χ0) is 11.4. The van der Waals surface area contributed by atoms with Gasteiger partial charge in [-0.05, 0) is 6.42 Å². The van der Waals surface area contributed by atoms with E-state index < -0.39 is 0 Å². The summed E-state index contributed by atoms with van der Waals surface area (Å²) in [5, 5.41) is 6.45. The van der Waals surface area contributed by atoms with E-state index in [0.29, 0.717) is 6.61 Å². The lowest BCUT2D eigenvalue weighted by Crippen LogP contribution is -2.39. The predicted molar refractivity (Wildman–Crippen MR) is 65.4 cm³/mol. The molecule has 0 rings (SSSR count). The van der Waals surface area contributed by atoms with E-state index in [9.17, 15) is 0 Å². The lowest BCUT2D eigenvalue weighted by molar-refractivity contribution is 0.203. The average molecular weight is 215 g/mol. The number of nitrogens with one attached hydrogen (secondary N) is 2. The molecular formula is C11H25N3O. The maximum Gasteiger partial charge on any atom is 0.191 e. The maximum atomic E-state index is 4.95. The Morgan fingerprint density at radius 3 is 2.47 bits per heavy atom. The molecule has 0 heterocycles. The van der Waals surface area contributed by atoms with Crippen LogP contribution >= 0.6 is 0 Å². The Morgan fingerprint density at radius 2 is 1.87 bits per heavy atom. The molecule has 4 nitrogen and oxygen atoms in total. The second-order valence-electron chi connectivity index (χ2n) is 3.48. The molecule has 0 atom stereocenters. The van der Waals surface area contributed by atoms with Crippen LogP contribution in [0.3, 0.4) is 0 Å². The van der Waals surface area contributed by atoms with Crippen LogP contribution in [0.15, 0.2) is 4.99 Å². The zero-order valence-electron chi connectivity index (χ0n) is 10.3. The van der Waals surface area contributed by atoms with E-state index in [0.717, 1.165) is 19.0 Å². The van der Waals surface area contributed by atoms with Gasteiger partial charge >= 0.3 is 0 Å². The fourth-order valence-corrected chi connectivity index (χ4v) is 1.25.